The monoisotopic (exact) mass is 413 g/mol. The van der Waals surface area contributed by atoms with Gasteiger partial charge in [-0.3, -0.25) is 0 Å². The predicted octanol–water partition coefficient (Wildman–Crippen LogP) is 5.42. The molecule has 3 heterocycles. The lowest BCUT2D eigenvalue weighted by Crippen LogP contribution is -2.29. The van der Waals surface area contributed by atoms with E-state index in [9.17, 15) is 4.39 Å². The fourth-order valence-corrected chi connectivity index (χ4v) is 4.14. The molecule has 0 atom stereocenters. The highest BCUT2D eigenvalue weighted by Crippen LogP contribution is 2.36. The van der Waals surface area contributed by atoms with Crippen LogP contribution in [0, 0.1) is 5.82 Å². The zero-order chi connectivity index (χ0) is 21.0. The van der Waals surface area contributed by atoms with E-state index >= 15 is 0 Å². The van der Waals surface area contributed by atoms with E-state index in [1.54, 1.807) is 12.1 Å². The number of para-hydroxylation sites is 1. The van der Waals surface area contributed by atoms with Crippen LogP contribution in [0.1, 0.15) is 18.9 Å². The third-order valence-electron chi connectivity index (χ3n) is 5.69. The molecule has 0 unspecified atom stereocenters. The van der Waals surface area contributed by atoms with Gasteiger partial charge < -0.3 is 15.2 Å². The molecule has 1 saturated heterocycles. The molecule has 2 aromatic carbocycles. The zero-order valence-electron chi connectivity index (χ0n) is 17.1. The predicted molar refractivity (Wildman–Crippen MR) is 122 cm³/mol. The summed E-state index contributed by atoms with van der Waals surface area (Å²) in [5.41, 5.74) is 4.81. The summed E-state index contributed by atoms with van der Waals surface area (Å²) >= 11 is 0. The van der Waals surface area contributed by atoms with Crippen molar-refractivity contribution in [2.75, 3.05) is 18.4 Å². The van der Waals surface area contributed by atoms with Crippen LogP contribution in [-0.2, 0) is 0 Å². The third-order valence-corrected chi connectivity index (χ3v) is 5.69. The van der Waals surface area contributed by atoms with Crippen molar-refractivity contribution < 1.29 is 4.39 Å². The lowest BCUT2D eigenvalue weighted by Gasteiger charge is -2.26. The molecule has 0 saturated carbocycles. The molecule has 31 heavy (non-hydrogen) atoms. The highest BCUT2D eigenvalue weighted by Gasteiger charge is 2.22. The normalized spacial score (nSPS) is 14.5. The number of nitrogens with zero attached hydrogens (tertiary/aromatic N) is 3. The molecule has 5 rings (SSSR count). The van der Waals surface area contributed by atoms with Crippen molar-refractivity contribution in [2.24, 2.45) is 0 Å². The van der Waals surface area contributed by atoms with E-state index in [1.165, 1.54) is 12.1 Å². The second-order valence-electron chi connectivity index (χ2n) is 7.76. The van der Waals surface area contributed by atoms with Gasteiger partial charge in [-0.25, -0.2) is 14.4 Å². The van der Waals surface area contributed by atoms with Crippen molar-refractivity contribution in [1.29, 1.82) is 0 Å². The summed E-state index contributed by atoms with van der Waals surface area (Å²) < 4.78 is 15.8. The molecule has 1 aliphatic rings. The van der Waals surface area contributed by atoms with Crippen molar-refractivity contribution in [3.05, 3.63) is 85.1 Å². The van der Waals surface area contributed by atoms with E-state index < -0.39 is 0 Å². The van der Waals surface area contributed by atoms with Crippen LogP contribution in [-0.4, -0.2) is 27.6 Å². The number of piperidine rings is 1. The Kier molecular flexibility index (Phi) is 5.46. The number of benzene rings is 2. The number of hydrogen-bond donors (Lipinski definition) is 2. The summed E-state index contributed by atoms with van der Waals surface area (Å²) in [6.07, 6.45) is 5.84. The highest BCUT2D eigenvalue weighted by atomic mass is 19.1. The van der Waals surface area contributed by atoms with Gasteiger partial charge in [0.1, 0.15) is 11.6 Å². The Hall–Kier alpha value is -3.51. The molecular weight excluding hydrogens is 389 g/mol. The van der Waals surface area contributed by atoms with E-state index in [4.69, 9.17) is 4.98 Å². The van der Waals surface area contributed by atoms with Gasteiger partial charge in [-0.1, -0.05) is 18.2 Å². The van der Waals surface area contributed by atoms with Gasteiger partial charge in [-0.05, 0) is 74.5 Å². The molecule has 0 spiro atoms. The first-order valence-electron chi connectivity index (χ1n) is 10.6. The number of aromatic nitrogens is 3. The van der Waals surface area contributed by atoms with Crippen molar-refractivity contribution in [2.45, 2.75) is 18.9 Å². The quantitative estimate of drug-likeness (QED) is 0.459. The van der Waals surface area contributed by atoms with Gasteiger partial charge in [0, 0.05) is 29.1 Å². The summed E-state index contributed by atoms with van der Waals surface area (Å²) in [7, 11) is 0. The first kappa shape index (κ1) is 19.5. The summed E-state index contributed by atoms with van der Waals surface area (Å²) in [5.74, 6) is 0.521. The molecule has 0 bridgehead atoms. The van der Waals surface area contributed by atoms with Gasteiger partial charge in [-0.2, -0.15) is 0 Å². The van der Waals surface area contributed by atoms with Crippen molar-refractivity contribution in [3.63, 3.8) is 0 Å². The molecule has 5 nitrogen and oxygen atoms in total. The van der Waals surface area contributed by atoms with Crippen LogP contribution in [0.5, 0.6) is 0 Å². The van der Waals surface area contributed by atoms with E-state index in [0.29, 0.717) is 6.04 Å². The largest absolute Gasteiger partial charge is 0.340 e. The Bertz CT molecular complexity index is 1150. The summed E-state index contributed by atoms with van der Waals surface area (Å²) in [5, 5.41) is 6.80. The molecule has 6 heteroatoms. The Labute approximate surface area is 181 Å². The number of halogens is 1. The van der Waals surface area contributed by atoms with Gasteiger partial charge in [0.15, 0.2) is 0 Å². The van der Waals surface area contributed by atoms with Crippen LogP contribution >= 0.6 is 0 Å². The van der Waals surface area contributed by atoms with Crippen molar-refractivity contribution in [1.82, 2.24) is 19.9 Å². The summed E-state index contributed by atoms with van der Waals surface area (Å²) in [6.45, 7) is 1.98. The fourth-order valence-electron chi connectivity index (χ4n) is 4.14. The van der Waals surface area contributed by atoms with Crippen LogP contribution in [0.4, 0.5) is 15.9 Å². The minimum absolute atomic E-state index is 0.249. The molecule has 0 aliphatic carbocycles. The van der Waals surface area contributed by atoms with Crippen LogP contribution in [0.3, 0.4) is 0 Å². The average Bonchev–Trinajstić information content (AvgIpc) is 3.26. The number of pyridine rings is 1. The first-order chi connectivity index (χ1) is 15.3. The van der Waals surface area contributed by atoms with Crippen LogP contribution in [0.15, 0.2) is 79.3 Å². The molecule has 1 aliphatic heterocycles. The smallest absolute Gasteiger partial charge is 0.130 e. The Morgan fingerprint density at radius 1 is 0.903 bits per heavy atom. The number of hydrogen-bond acceptors (Lipinski definition) is 4. The molecular formula is C25H24FN5. The maximum atomic E-state index is 13.5. The number of anilines is 2. The van der Waals surface area contributed by atoms with Gasteiger partial charge in [0.05, 0.1) is 17.7 Å². The molecule has 2 aromatic heterocycles. The molecule has 156 valence electrons. The van der Waals surface area contributed by atoms with E-state index in [-0.39, 0.29) is 5.82 Å². The molecule has 0 radical (unpaired) electrons. The maximum Gasteiger partial charge on any atom is 0.130 e. The zero-order valence-corrected chi connectivity index (χ0v) is 17.1. The molecule has 0 amide bonds. The summed E-state index contributed by atoms with van der Waals surface area (Å²) in [4.78, 5) is 9.26. The minimum atomic E-state index is -0.249. The average molecular weight is 414 g/mol. The fraction of sp³-hybridized carbons (Fsp3) is 0.200. The van der Waals surface area contributed by atoms with Gasteiger partial charge in [0.25, 0.3) is 0 Å². The van der Waals surface area contributed by atoms with Crippen LogP contribution < -0.4 is 10.6 Å². The summed E-state index contributed by atoms with van der Waals surface area (Å²) in [6, 6.07) is 21.0. The Morgan fingerprint density at radius 3 is 2.45 bits per heavy atom. The lowest BCUT2D eigenvalue weighted by molar-refractivity contribution is 0.370. The van der Waals surface area contributed by atoms with E-state index in [1.807, 2.05) is 48.9 Å². The Morgan fingerprint density at radius 2 is 1.68 bits per heavy atom. The second-order valence-corrected chi connectivity index (χ2v) is 7.76. The minimum Gasteiger partial charge on any atom is -0.340 e. The lowest BCUT2D eigenvalue weighted by atomic mass is 10.0. The van der Waals surface area contributed by atoms with Crippen molar-refractivity contribution >= 4 is 11.5 Å². The number of rotatable bonds is 5. The number of imidazole rings is 1. The SMILES string of the molecule is Fc1ccc(-c2ncn(C3CCNCC3)c2-c2ccnc(Nc3ccccc3)c2)cc1. The standard InChI is InChI=1S/C25H24FN5/c26-20-8-6-18(7-9-20)24-25(31(17-29-24)22-11-13-27-14-12-22)19-10-15-28-23(16-19)30-21-4-2-1-3-5-21/h1-10,15-17,22,27H,11-14H2,(H,28,30). The third kappa shape index (κ3) is 4.20. The van der Waals surface area contributed by atoms with Crippen LogP contribution in [0.25, 0.3) is 22.5 Å². The topological polar surface area (TPSA) is 54.8 Å². The Balaban J connectivity index is 1.58. The maximum absolute atomic E-state index is 13.5. The number of nitrogens with one attached hydrogen (secondary N) is 2. The molecule has 4 aromatic rings. The van der Waals surface area contributed by atoms with E-state index in [0.717, 1.165) is 60.0 Å². The second kappa shape index (κ2) is 8.70. The van der Waals surface area contributed by atoms with Gasteiger partial charge in [0.2, 0.25) is 0 Å². The molecule has 2 N–H and O–H groups in total. The first-order valence-corrected chi connectivity index (χ1v) is 10.6. The van der Waals surface area contributed by atoms with E-state index in [2.05, 4.69) is 26.3 Å². The van der Waals surface area contributed by atoms with Gasteiger partial charge >= 0.3 is 0 Å². The highest BCUT2D eigenvalue weighted by molar-refractivity contribution is 5.80. The van der Waals surface area contributed by atoms with Crippen LogP contribution in [0.2, 0.25) is 0 Å². The van der Waals surface area contributed by atoms with Gasteiger partial charge in [-0.15, -0.1) is 0 Å². The molecule has 1 fully saturated rings. The van der Waals surface area contributed by atoms with Crippen molar-refractivity contribution in [3.8, 4) is 22.5 Å².